The average Bonchev–Trinajstić information content (AvgIpc) is 2.92. The van der Waals surface area contributed by atoms with Crippen LogP contribution in [0.5, 0.6) is 0 Å². The third kappa shape index (κ3) is 3.29. The molecular formula is C16H16N4O2S. The molecule has 0 spiro atoms. The van der Waals surface area contributed by atoms with Crippen LogP contribution in [0.2, 0.25) is 0 Å². The molecule has 2 amide bonds. The van der Waals surface area contributed by atoms with E-state index in [2.05, 4.69) is 15.5 Å². The maximum atomic E-state index is 12.3. The van der Waals surface area contributed by atoms with Gasteiger partial charge in [0.1, 0.15) is 5.01 Å². The molecule has 0 radical (unpaired) electrons. The molecule has 23 heavy (non-hydrogen) atoms. The fourth-order valence-corrected chi connectivity index (χ4v) is 3.21. The lowest BCUT2D eigenvalue weighted by atomic mass is 9.93. The molecule has 0 aliphatic carbocycles. The first kappa shape index (κ1) is 15.4. The van der Waals surface area contributed by atoms with Crippen molar-refractivity contribution in [1.82, 2.24) is 15.1 Å². The van der Waals surface area contributed by atoms with Crippen LogP contribution in [0.1, 0.15) is 35.5 Å². The van der Waals surface area contributed by atoms with Crippen molar-refractivity contribution in [3.63, 3.8) is 0 Å². The Hall–Kier alpha value is -2.54. The van der Waals surface area contributed by atoms with Crippen LogP contribution in [0, 0.1) is 6.92 Å². The van der Waals surface area contributed by atoms with E-state index in [1.165, 1.54) is 18.3 Å². The summed E-state index contributed by atoms with van der Waals surface area (Å²) >= 11 is 1.32. The molecule has 2 aromatic rings. The maximum absolute atomic E-state index is 12.3. The summed E-state index contributed by atoms with van der Waals surface area (Å²) in [5.41, 5.74) is 1.99. The first-order valence-corrected chi connectivity index (χ1v) is 8.02. The molecule has 3 rings (SSSR count). The number of benzene rings is 1. The van der Waals surface area contributed by atoms with Crippen LogP contribution < -0.4 is 5.32 Å². The SMILES string of the molecule is CC(=O)N1C=Cc2ccccc2[C@H]1CC(=O)Nc1nnc(C)s1. The smallest absolute Gasteiger partial charge is 0.228 e. The predicted octanol–water partition coefficient (Wildman–Crippen LogP) is 2.75. The molecule has 0 bridgehead atoms. The minimum absolute atomic E-state index is 0.0969. The largest absolute Gasteiger partial charge is 0.311 e. The average molecular weight is 328 g/mol. The van der Waals surface area contributed by atoms with E-state index < -0.39 is 0 Å². The molecule has 1 atom stereocenters. The van der Waals surface area contributed by atoms with Crippen molar-refractivity contribution >= 4 is 34.4 Å². The Kier molecular flexibility index (Phi) is 4.20. The minimum Gasteiger partial charge on any atom is -0.311 e. The van der Waals surface area contributed by atoms with E-state index in [9.17, 15) is 9.59 Å². The van der Waals surface area contributed by atoms with Gasteiger partial charge in [-0.3, -0.25) is 9.59 Å². The Morgan fingerprint density at radius 3 is 2.78 bits per heavy atom. The van der Waals surface area contributed by atoms with Gasteiger partial charge < -0.3 is 10.2 Å². The van der Waals surface area contributed by atoms with Gasteiger partial charge in [-0.15, -0.1) is 10.2 Å². The van der Waals surface area contributed by atoms with Gasteiger partial charge in [0.2, 0.25) is 16.9 Å². The molecule has 0 unspecified atom stereocenters. The molecule has 1 N–H and O–H groups in total. The second-order valence-electron chi connectivity index (χ2n) is 5.27. The second-order valence-corrected chi connectivity index (χ2v) is 6.45. The highest BCUT2D eigenvalue weighted by Gasteiger charge is 2.28. The highest BCUT2D eigenvalue weighted by Crippen LogP contribution is 2.33. The van der Waals surface area contributed by atoms with Gasteiger partial charge in [-0.05, 0) is 24.1 Å². The van der Waals surface area contributed by atoms with E-state index in [1.807, 2.05) is 37.3 Å². The second kappa shape index (κ2) is 6.29. The van der Waals surface area contributed by atoms with E-state index in [4.69, 9.17) is 0 Å². The summed E-state index contributed by atoms with van der Waals surface area (Å²) in [6.07, 6.45) is 3.79. The highest BCUT2D eigenvalue weighted by molar-refractivity contribution is 7.15. The van der Waals surface area contributed by atoms with Gasteiger partial charge in [0.05, 0.1) is 12.5 Å². The maximum Gasteiger partial charge on any atom is 0.228 e. The van der Waals surface area contributed by atoms with Crippen LogP contribution in [0.15, 0.2) is 30.5 Å². The van der Waals surface area contributed by atoms with Crippen LogP contribution >= 0.6 is 11.3 Å². The summed E-state index contributed by atoms with van der Waals surface area (Å²) < 4.78 is 0. The van der Waals surface area contributed by atoms with E-state index in [-0.39, 0.29) is 24.3 Å². The number of hydrogen-bond donors (Lipinski definition) is 1. The number of aryl methyl sites for hydroxylation is 1. The number of carbonyl (C=O) groups excluding carboxylic acids is 2. The van der Waals surface area contributed by atoms with Crippen LogP contribution in [0.4, 0.5) is 5.13 Å². The van der Waals surface area contributed by atoms with Gasteiger partial charge in [0, 0.05) is 13.1 Å². The lowest BCUT2D eigenvalue weighted by Crippen LogP contribution is -2.33. The summed E-state index contributed by atoms with van der Waals surface area (Å²) in [6.45, 7) is 3.32. The molecule has 0 fully saturated rings. The predicted molar refractivity (Wildman–Crippen MR) is 88.6 cm³/mol. The summed E-state index contributed by atoms with van der Waals surface area (Å²) in [7, 11) is 0. The molecule has 7 heteroatoms. The highest BCUT2D eigenvalue weighted by atomic mass is 32.1. The first-order chi connectivity index (χ1) is 11.0. The number of aromatic nitrogens is 2. The van der Waals surface area contributed by atoms with Crippen molar-refractivity contribution in [2.24, 2.45) is 0 Å². The van der Waals surface area contributed by atoms with Crippen LogP contribution in [0.3, 0.4) is 0 Å². The summed E-state index contributed by atoms with van der Waals surface area (Å²) in [5, 5.41) is 11.8. The Morgan fingerprint density at radius 1 is 1.30 bits per heavy atom. The van der Waals surface area contributed by atoms with E-state index in [0.717, 1.165) is 16.1 Å². The monoisotopic (exact) mass is 328 g/mol. The molecule has 1 aromatic heterocycles. The van der Waals surface area contributed by atoms with Crippen molar-refractivity contribution in [3.8, 4) is 0 Å². The number of nitrogens with zero attached hydrogens (tertiary/aromatic N) is 3. The summed E-state index contributed by atoms with van der Waals surface area (Å²) in [5.74, 6) is -0.289. The topological polar surface area (TPSA) is 75.2 Å². The lowest BCUT2D eigenvalue weighted by Gasteiger charge is -2.32. The summed E-state index contributed by atoms with van der Waals surface area (Å²) in [4.78, 5) is 25.8. The van der Waals surface area contributed by atoms with E-state index >= 15 is 0 Å². The quantitative estimate of drug-likeness (QED) is 0.940. The number of carbonyl (C=O) groups is 2. The zero-order valence-corrected chi connectivity index (χ0v) is 13.6. The van der Waals surface area contributed by atoms with Gasteiger partial charge >= 0.3 is 0 Å². The third-order valence-electron chi connectivity index (χ3n) is 3.62. The normalized spacial score (nSPS) is 16.1. The Morgan fingerprint density at radius 2 is 2.09 bits per heavy atom. The molecular weight excluding hydrogens is 312 g/mol. The summed E-state index contributed by atoms with van der Waals surface area (Å²) in [6, 6.07) is 7.45. The number of anilines is 1. The molecule has 2 heterocycles. The number of fused-ring (bicyclic) bond motifs is 1. The lowest BCUT2D eigenvalue weighted by molar-refractivity contribution is -0.129. The Balaban J connectivity index is 1.81. The van der Waals surface area contributed by atoms with E-state index in [0.29, 0.717) is 5.13 Å². The van der Waals surface area contributed by atoms with Crippen molar-refractivity contribution in [3.05, 3.63) is 46.6 Å². The van der Waals surface area contributed by atoms with Crippen molar-refractivity contribution in [1.29, 1.82) is 0 Å². The number of amides is 2. The van der Waals surface area contributed by atoms with Crippen LogP contribution in [-0.4, -0.2) is 26.9 Å². The number of rotatable bonds is 3. The van der Waals surface area contributed by atoms with Gasteiger partial charge in [0.15, 0.2) is 0 Å². The van der Waals surface area contributed by atoms with Crippen LogP contribution in [0.25, 0.3) is 6.08 Å². The molecule has 0 saturated carbocycles. The molecule has 6 nitrogen and oxygen atoms in total. The van der Waals surface area contributed by atoms with Gasteiger partial charge in [-0.1, -0.05) is 35.6 Å². The molecule has 118 valence electrons. The zero-order valence-electron chi connectivity index (χ0n) is 12.8. The molecule has 1 aliphatic heterocycles. The van der Waals surface area contributed by atoms with Crippen molar-refractivity contribution < 1.29 is 9.59 Å². The third-order valence-corrected chi connectivity index (χ3v) is 4.37. The van der Waals surface area contributed by atoms with E-state index in [1.54, 1.807) is 11.1 Å². The molecule has 0 saturated heterocycles. The van der Waals surface area contributed by atoms with Gasteiger partial charge in [-0.2, -0.15) is 0 Å². The zero-order chi connectivity index (χ0) is 16.4. The number of nitrogens with one attached hydrogen (secondary N) is 1. The Bertz CT molecular complexity index is 784. The first-order valence-electron chi connectivity index (χ1n) is 7.20. The van der Waals surface area contributed by atoms with Gasteiger partial charge in [0.25, 0.3) is 0 Å². The Labute approximate surface area is 137 Å². The standard InChI is InChI=1S/C16H16N4O2S/c1-10-18-19-16(23-10)17-15(22)9-14-13-6-4-3-5-12(13)7-8-20(14)11(2)21/h3-8,14H,9H2,1-2H3,(H,17,19,22)/t14-/m1/s1. The molecule has 1 aromatic carbocycles. The van der Waals surface area contributed by atoms with Crippen LogP contribution in [-0.2, 0) is 9.59 Å². The fourth-order valence-electron chi connectivity index (χ4n) is 2.61. The fraction of sp³-hybridized carbons (Fsp3) is 0.250. The minimum atomic E-state index is -0.317. The molecule has 1 aliphatic rings. The van der Waals surface area contributed by atoms with Crippen molar-refractivity contribution in [2.45, 2.75) is 26.3 Å². The van der Waals surface area contributed by atoms with Gasteiger partial charge in [-0.25, -0.2) is 0 Å². The van der Waals surface area contributed by atoms with Crippen molar-refractivity contribution in [2.75, 3.05) is 5.32 Å². The number of hydrogen-bond acceptors (Lipinski definition) is 5.